The van der Waals surface area contributed by atoms with E-state index in [2.05, 4.69) is 26.2 Å². The number of rotatable bonds is 0. The zero-order chi connectivity index (χ0) is 4.50. The highest BCUT2D eigenvalue weighted by Crippen LogP contribution is 1.92. The summed E-state index contributed by atoms with van der Waals surface area (Å²) in [6, 6.07) is 0. The molecule has 0 aliphatic rings. The van der Waals surface area contributed by atoms with Crippen molar-refractivity contribution in [3.63, 3.8) is 0 Å². The van der Waals surface area contributed by atoms with Gasteiger partial charge >= 0.3 is 0 Å². The Morgan fingerprint density at radius 3 is 1.20 bits per heavy atom. The van der Waals surface area contributed by atoms with Crippen LogP contribution in [0.4, 0.5) is 0 Å². The molecule has 32 valence electrons. The smallest absolute Gasteiger partial charge is 0.0951 e. The fourth-order valence-electron chi connectivity index (χ4n) is 0. The molecule has 0 spiro atoms. The Kier molecular flexibility index (Phi) is 1.18. The molecule has 5 heavy (non-hydrogen) atoms. The molecule has 0 heterocycles. The Labute approximate surface area is 35.2 Å². The molecule has 0 rings (SSSR count). The monoisotopic (exact) mass is 87.1 g/mol. The van der Waals surface area contributed by atoms with E-state index in [0.717, 1.165) is 0 Å². The predicted octanol–water partition coefficient (Wildman–Crippen LogP) is 1.70. The highest BCUT2D eigenvalue weighted by Gasteiger charge is 1.87. The average Bonchev–Trinajstić information content (AvgIpc) is 0.722. The van der Waals surface area contributed by atoms with Gasteiger partial charge in [-0.3, -0.25) is 0 Å². The van der Waals surface area contributed by atoms with E-state index >= 15 is 0 Å². The summed E-state index contributed by atoms with van der Waals surface area (Å²) in [7, 11) is -0.861. The molecule has 0 aromatic carbocycles. The van der Waals surface area contributed by atoms with Crippen molar-refractivity contribution in [1.82, 2.24) is 0 Å². The van der Waals surface area contributed by atoms with Gasteiger partial charge < -0.3 is 6.55 Å². The van der Waals surface area contributed by atoms with E-state index in [-0.39, 0.29) is 0 Å². The minimum Gasteiger partial charge on any atom is -0.342 e. The Hall–Kier alpha value is 0.217. The third-order valence-corrected chi connectivity index (χ3v) is 0. The van der Waals surface area contributed by atoms with Gasteiger partial charge in [-0.15, -0.1) is 8.07 Å². The first kappa shape index (κ1) is 5.22. The van der Waals surface area contributed by atoms with Gasteiger partial charge in [-0.1, -0.05) is 19.6 Å². The summed E-state index contributed by atoms with van der Waals surface area (Å²) in [6.45, 7) is 10.6. The van der Waals surface area contributed by atoms with Crippen LogP contribution in [0.1, 0.15) is 0 Å². The normalized spacial score (nSPS) is 12.0. The molecule has 1 heteroatoms. The van der Waals surface area contributed by atoms with Gasteiger partial charge in [-0.05, 0) is 0 Å². The van der Waals surface area contributed by atoms with Crippen LogP contribution in [-0.4, -0.2) is 8.07 Å². The van der Waals surface area contributed by atoms with E-state index in [4.69, 9.17) is 0 Å². The molecule has 0 aliphatic heterocycles. The lowest BCUT2D eigenvalue weighted by molar-refractivity contribution is 1.78. The highest BCUT2D eigenvalue weighted by atomic mass is 28.3. The van der Waals surface area contributed by atoms with Gasteiger partial charge in [0.2, 0.25) is 0 Å². The fourth-order valence-corrected chi connectivity index (χ4v) is 0. The van der Waals surface area contributed by atoms with Crippen LogP contribution in [0.2, 0.25) is 19.6 Å². The molecular weight excluding hydrogens is 76.1 g/mol. The lowest BCUT2D eigenvalue weighted by Gasteiger charge is -2.13. The zero-order valence-corrected chi connectivity index (χ0v) is 5.21. The van der Waals surface area contributed by atoms with Crippen LogP contribution in [0.3, 0.4) is 0 Å². The standard InChI is InChI=1S/C4H11Si/c1-5(2,3)4/h1H2,2-4H3/q-1. The largest absolute Gasteiger partial charge is 0.342 e. The summed E-state index contributed by atoms with van der Waals surface area (Å²) in [6.07, 6.45) is 0. The third kappa shape index (κ3) is 441. The van der Waals surface area contributed by atoms with Gasteiger partial charge in [0.1, 0.15) is 0 Å². The van der Waals surface area contributed by atoms with Crippen LogP contribution in [0, 0.1) is 6.55 Å². The second-order valence-electron chi connectivity index (χ2n) is 2.56. The number of hydrogen-bond donors (Lipinski definition) is 0. The minimum atomic E-state index is -0.861. The first-order valence-electron chi connectivity index (χ1n) is 1.85. The van der Waals surface area contributed by atoms with Crippen LogP contribution in [-0.2, 0) is 0 Å². The molecule has 0 nitrogen and oxygen atoms in total. The van der Waals surface area contributed by atoms with Crippen LogP contribution in [0.15, 0.2) is 0 Å². The zero-order valence-electron chi connectivity index (χ0n) is 4.21. The fraction of sp³-hybridized carbons (Fsp3) is 0.750. The maximum absolute atomic E-state index is 3.91. The van der Waals surface area contributed by atoms with Gasteiger partial charge in [-0.25, -0.2) is 0 Å². The molecular formula is C4H11Si-. The lowest BCUT2D eigenvalue weighted by Crippen LogP contribution is -2.12. The molecule has 0 saturated heterocycles. The molecule has 0 N–H and O–H groups in total. The molecule has 0 unspecified atom stereocenters. The second-order valence-corrected chi connectivity index (χ2v) is 7.68. The van der Waals surface area contributed by atoms with E-state index in [1.807, 2.05) is 0 Å². The lowest BCUT2D eigenvalue weighted by atomic mass is 11.8. The second kappa shape index (κ2) is 1.13. The quantitative estimate of drug-likeness (QED) is 0.311. The minimum absolute atomic E-state index is 0.861. The van der Waals surface area contributed by atoms with E-state index in [1.54, 1.807) is 0 Å². The van der Waals surface area contributed by atoms with Gasteiger partial charge in [0.25, 0.3) is 0 Å². The molecule has 0 aromatic rings. The van der Waals surface area contributed by atoms with E-state index in [9.17, 15) is 0 Å². The Morgan fingerprint density at radius 1 is 1.20 bits per heavy atom. The maximum atomic E-state index is 3.91. The molecule has 0 fully saturated rings. The van der Waals surface area contributed by atoms with Gasteiger partial charge in [0.15, 0.2) is 0 Å². The van der Waals surface area contributed by atoms with Crippen molar-refractivity contribution in [2.45, 2.75) is 19.6 Å². The maximum Gasteiger partial charge on any atom is -0.0951 e. The summed E-state index contributed by atoms with van der Waals surface area (Å²) in [5.41, 5.74) is 0. The van der Waals surface area contributed by atoms with Crippen molar-refractivity contribution < 1.29 is 0 Å². The van der Waals surface area contributed by atoms with Gasteiger partial charge in [0, 0.05) is 0 Å². The SMILES string of the molecule is [CH2-][Si](C)(C)C. The van der Waals surface area contributed by atoms with E-state index < -0.39 is 8.07 Å². The summed E-state index contributed by atoms with van der Waals surface area (Å²) in [5.74, 6) is 0. The van der Waals surface area contributed by atoms with Gasteiger partial charge in [0.05, 0.1) is 0 Å². The predicted molar refractivity (Wildman–Crippen MR) is 28.7 cm³/mol. The van der Waals surface area contributed by atoms with Gasteiger partial charge in [-0.2, -0.15) is 0 Å². The third-order valence-electron chi connectivity index (χ3n) is 0. The summed E-state index contributed by atoms with van der Waals surface area (Å²) >= 11 is 0. The van der Waals surface area contributed by atoms with Crippen molar-refractivity contribution in [2.75, 3.05) is 0 Å². The Bertz CT molecular complexity index is 19.1. The molecule has 0 radical (unpaired) electrons. The molecule has 0 bridgehead atoms. The Balaban J connectivity index is 3.02. The highest BCUT2D eigenvalue weighted by molar-refractivity contribution is 6.77. The molecule has 0 aromatic heterocycles. The van der Waals surface area contributed by atoms with Crippen LogP contribution >= 0.6 is 0 Å². The van der Waals surface area contributed by atoms with E-state index in [1.165, 1.54) is 0 Å². The Morgan fingerprint density at radius 2 is 1.20 bits per heavy atom. The molecule has 0 atom stereocenters. The summed E-state index contributed by atoms with van der Waals surface area (Å²) < 4.78 is 0. The average molecular weight is 87.2 g/mol. The molecule has 0 saturated carbocycles. The molecule has 0 aliphatic carbocycles. The first-order valence-corrected chi connectivity index (χ1v) is 5.56. The van der Waals surface area contributed by atoms with Crippen molar-refractivity contribution in [3.05, 3.63) is 6.55 Å². The van der Waals surface area contributed by atoms with Crippen LogP contribution in [0.25, 0.3) is 0 Å². The van der Waals surface area contributed by atoms with Crippen LogP contribution < -0.4 is 0 Å². The van der Waals surface area contributed by atoms with Crippen molar-refractivity contribution >= 4 is 8.07 Å². The van der Waals surface area contributed by atoms with Crippen molar-refractivity contribution in [1.29, 1.82) is 0 Å². The first-order chi connectivity index (χ1) is 2.00. The van der Waals surface area contributed by atoms with Crippen molar-refractivity contribution in [3.8, 4) is 0 Å². The summed E-state index contributed by atoms with van der Waals surface area (Å²) in [5, 5.41) is 0. The van der Waals surface area contributed by atoms with Crippen LogP contribution in [0.5, 0.6) is 0 Å². The van der Waals surface area contributed by atoms with Crippen molar-refractivity contribution in [2.24, 2.45) is 0 Å². The number of hydrogen-bond acceptors (Lipinski definition) is 0. The van der Waals surface area contributed by atoms with E-state index in [0.29, 0.717) is 0 Å². The summed E-state index contributed by atoms with van der Waals surface area (Å²) in [4.78, 5) is 0. The molecule has 0 amide bonds. The topological polar surface area (TPSA) is 0 Å².